The molecule has 4 N–H and O–H groups in total. The van der Waals surface area contributed by atoms with Gasteiger partial charge in [0.2, 0.25) is 5.91 Å². The van der Waals surface area contributed by atoms with E-state index in [-0.39, 0.29) is 22.6 Å². The average molecular weight is 417 g/mol. The number of aromatic amines is 1. The molecule has 0 saturated carbocycles. The summed E-state index contributed by atoms with van der Waals surface area (Å²) in [5.41, 5.74) is 4.84. The third-order valence-electron chi connectivity index (χ3n) is 4.18. The zero-order valence-electron chi connectivity index (χ0n) is 15.7. The lowest BCUT2D eigenvalue weighted by atomic mass is 10.1. The number of carbonyl (C=O) groups is 2. The molecular weight excluding hydrogens is 400 g/mol. The lowest BCUT2D eigenvalue weighted by Gasteiger charge is -2.13. The average Bonchev–Trinajstić information content (AvgIpc) is 2.71. The van der Waals surface area contributed by atoms with E-state index in [0.717, 1.165) is 6.07 Å². The van der Waals surface area contributed by atoms with Crippen molar-refractivity contribution in [2.75, 3.05) is 19.0 Å². The van der Waals surface area contributed by atoms with E-state index >= 15 is 0 Å². The van der Waals surface area contributed by atoms with Crippen LogP contribution in [0.4, 0.5) is 14.5 Å². The number of methoxy groups -OCH3 is 1. The molecule has 0 aliphatic carbocycles. The van der Waals surface area contributed by atoms with E-state index in [4.69, 9.17) is 15.2 Å². The fourth-order valence-electron chi connectivity index (χ4n) is 2.72. The maximum Gasteiger partial charge on any atom is 0.272 e. The van der Waals surface area contributed by atoms with Crippen LogP contribution in [0.5, 0.6) is 11.5 Å². The standard InChI is InChI=1S/C20H17F2N3O5/c1-29-12-3-5-14-11(6-12)7-13(19(27)24-14)20(28)25-15-4-2-10(18(23)26)8-16(15)30-9-17(21)22/h2-8,17H,9H2,1H3,(H2,23,26)(H,24,27)(H,25,28). The first-order chi connectivity index (χ1) is 14.3. The number of carbonyl (C=O) groups excluding carboxylic acids is 2. The van der Waals surface area contributed by atoms with Crippen LogP contribution >= 0.6 is 0 Å². The molecule has 0 aliphatic heterocycles. The van der Waals surface area contributed by atoms with E-state index < -0.39 is 30.4 Å². The van der Waals surface area contributed by atoms with E-state index in [1.165, 1.54) is 25.3 Å². The lowest BCUT2D eigenvalue weighted by molar-refractivity contribution is 0.0821. The number of amides is 2. The summed E-state index contributed by atoms with van der Waals surface area (Å²) < 4.78 is 35.2. The number of H-pyrrole nitrogens is 1. The molecule has 3 aromatic rings. The van der Waals surface area contributed by atoms with E-state index in [2.05, 4.69) is 10.3 Å². The third kappa shape index (κ3) is 4.54. The monoisotopic (exact) mass is 417 g/mol. The quantitative estimate of drug-likeness (QED) is 0.545. The Morgan fingerprint density at radius 2 is 1.93 bits per heavy atom. The molecule has 0 unspecified atom stereocenters. The van der Waals surface area contributed by atoms with Crippen molar-refractivity contribution < 1.29 is 27.8 Å². The van der Waals surface area contributed by atoms with Gasteiger partial charge < -0.3 is 25.5 Å². The number of halogens is 2. The van der Waals surface area contributed by atoms with Gasteiger partial charge in [-0.25, -0.2) is 8.78 Å². The molecule has 156 valence electrons. The number of nitrogens with two attached hydrogens (primary N) is 1. The van der Waals surface area contributed by atoms with Crippen LogP contribution in [0.1, 0.15) is 20.7 Å². The molecule has 0 saturated heterocycles. The zero-order chi connectivity index (χ0) is 21.8. The summed E-state index contributed by atoms with van der Waals surface area (Å²) in [6, 6.07) is 10.0. The third-order valence-corrected chi connectivity index (χ3v) is 4.18. The van der Waals surface area contributed by atoms with Gasteiger partial charge in [-0.05, 0) is 42.5 Å². The second-order valence-corrected chi connectivity index (χ2v) is 6.20. The first-order valence-electron chi connectivity index (χ1n) is 8.65. The van der Waals surface area contributed by atoms with Crippen LogP contribution in [-0.2, 0) is 0 Å². The number of pyridine rings is 1. The Hall–Kier alpha value is -3.95. The number of hydrogen-bond acceptors (Lipinski definition) is 5. The number of hydrogen-bond donors (Lipinski definition) is 3. The highest BCUT2D eigenvalue weighted by Gasteiger charge is 2.17. The molecule has 8 nitrogen and oxygen atoms in total. The number of alkyl halides is 2. The minimum absolute atomic E-state index is 0.00390. The van der Waals surface area contributed by atoms with Crippen molar-refractivity contribution in [3.8, 4) is 11.5 Å². The minimum atomic E-state index is -2.77. The van der Waals surface area contributed by atoms with Crippen molar-refractivity contribution in [1.82, 2.24) is 4.98 Å². The maximum atomic E-state index is 12.7. The Labute approximate surface area is 168 Å². The van der Waals surface area contributed by atoms with Gasteiger partial charge >= 0.3 is 0 Å². The van der Waals surface area contributed by atoms with Gasteiger partial charge in [0.05, 0.1) is 12.8 Å². The summed E-state index contributed by atoms with van der Waals surface area (Å²) >= 11 is 0. The number of fused-ring (bicyclic) bond motifs is 1. The SMILES string of the molecule is COc1ccc2[nH]c(=O)c(C(=O)Nc3ccc(C(N)=O)cc3OCC(F)F)cc2c1. The first-order valence-corrected chi connectivity index (χ1v) is 8.65. The predicted molar refractivity (Wildman–Crippen MR) is 106 cm³/mol. The van der Waals surface area contributed by atoms with Crippen molar-refractivity contribution in [3.63, 3.8) is 0 Å². The highest BCUT2D eigenvalue weighted by molar-refractivity contribution is 6.06. The van der Waals surface area contributed by atoms with Crippen LogP contribution in [0.15, 0.2) is 47.3 Å². The second-order valence-electron chi connectivity index (χ2n) is 6.20. The minimum Gasteiger partial charge on any atom is -0.497 e. The molecular formula is C20H17F2N3O5. The van der Waals surface area contributed by atoms with Crippen LogP contribution in [-0.4, -0.2) is 36.9 Å². The summed E-state index contributed by atoms with van der Waals surface area (Å²) in [6.07, 6.45) is -2.77. The molecule has 1 aromatic heterocycles. The van der Waals surface area contributed by atoms with Gasteiger partial charge in [-0.3, -0.25) is 14.4 Å². The smallest absolute Gasteiger partial charge is 0.272 e. The van der Waals surface area contributed by atoms with Crippen LogP contribution in [0.2, 0.25) is 0 Å². The lowest BCUT2D eigenvalue weighted by Crippen LogP contribution is -2.23. The number of nitrogens with one attached hydrogen (secondary N) is 2. The summed E-state index contributed by atoms with van der Waals surface area (Å²) in [5.74, 6) is -1.24. The van der Waals surface area contributed by atoms with Crippen molar-refractivity contribution in [1.29, 1.82) is 0 Å². The zero-order valence-corrected chi connectivity index (χ0v) is 15.7. The van der Waals surface area contributed by atoms with Gasteiger partial charge in [-0.15, -0.1) is 0 Å². The highest BCUT2D eigenvalue weighted by atomic mass is 19.3. The van der Waals surface area contributed by atoms with E-state index in [9.17, 15) is 23.2 Å². The van der Waals surface area contributed by atoms with Crippen molar-refractivity contribution in [3.05, 3.63) is 63.9 Å². The van der Waals surface area contributed by atoms with E-state index in [1.54, 1.807) is 18.2 Å². The fraction of sp³-hybridized carbons (Fsp3) is 0.150. The Balaban J connectivity index is 1.95. The topological polar surface area (TPSA) is 124 Å². The van der Waals surface area contributed by atoms with Gasteiger partial charge in [-0.1, -0.05) is 0 Å². The molecule has 0 bridgehead atoms. The molecule has 3 rings (SSSR count). The Morgan fingerprint density at radius 1 is 1.17 bits per heavy atom. The Bertz CT molecular complexity index is 1180. The molecule has 10 heteroatoms. The fourth-order valence-corrected chi connectivity index (χ4v) is 2.72. The number of aromatic nitrogens is 1. The number of anilines is 1. The summed E-state index contributed by atoms with van der Waals surface area (Å²) in [6.45, 7) is -0.957. The summed E-state index contributed by atoms with van der Waals surface area (Å²) in [7, 11) is 1.48. The predicted octanol–water partition coefficient (Wildman–Crippen LogP) is 2.53. The van der Waals surface area contributed by atoms with Gasteiger partial charge in [0, 0.05) is 16.5 Å². The van der Waals surface area contributed by atoms with Gasteiger partial charge in [-0.2, -0.15) is 0 Å². The molecule has 2 amide bonds. The second kappa shape index (κ2) is 8.60. The molecule has 2 aromatic carbocycles. The van der Waals surface area contributed by atoms with Crippen LogP contribution in [0.25, 0.3) is 10.9 Å². The Kier molecular flexibility index (Phi) is 5.95. The van der Waals surface area contributed by atoms with Crippen molar-refractivity contribution in [2.24, 2.45) is 5.73 Å². The molecule has 0 radical (unpaired) electrons. The van der Waals surface area contributed by atoms with Crippen molar-refractivity contribution in [2.45, 2.75) is 6.43 Å². The van der Waals surface area contributed by atoms with E-state index in [1.807, 2.05) is 0 Å². The molecule has 0 aliphatic rings. The number of ether oxygens (including phenoxy) is 2. The van der Waals surface area contributed by atoms with Crippen molar-refractivity contribution >= 4 is 28.4 Å². The van der Waals surface area contributed by atoms with E-state index in [0.29, 0.717) is 16.7 Å². The van der Waals surface area contributed by atoms with Gasteiger partial charge in [0.25, 0.3) is 17.9 Å². The molecule has 30 heavy (non-hydrogen) atoms. The molecule has 0 fully saturated rings. The Morgan fingerprint density at radius 3 is 2.60 bits per heavy atom. The van der Waals surface area contributed by atoms with Gasteiger partial charge in [0.15, 0.2) is 0 Å². The van der Waals surface area contributed by atoms with Gasteiger partial charge in [0.1, 0.15) is 23.7 Å². The molecule has 0 spiro atoms. The van der Waals surface area contributed by atoms with Crippen LogP contribution in [0, 0.1) is 0 Å². The summed E-state index contributed by atoms with van der Waals surface area (Å²) in [5, 5.41) is 2.99. The number of primary amides is 1. The number of benzene rings is 2. The first kappa shape index (κ1) is 20.8. The van der Waals surface area contributed by atoms with Crippen LogP contribution < -0.4 is 26.1 Å². The molecule has 0 atom stereocenters. The highest BCUT2D eigenvalue weighted by Crippen LogP contribution is 2.27. The van der Waals surface area contributed by atoms with Crippen LogP contribution in [0.3, 0.4) is 0 Å². The number of rotatable bonds is 7. The largest absolute Gasteiger partial charge is 0.497 e. The molecule has 1 heterocycles. The normalized spacial score (nSPS) is 10.8. The summed E-state index contributed by atoms with van der Waals surface area (Å²) in [4.78, 5) is 38.9. The maximum absolute atomic E-state index is 12.7.